The number of rotatable bonds is 6. The van der Waals surface area contributed by atoms with Gasteiger partial charge in [0.05, 0.1) is 6.04 Å². The minimum atomic E-state index is -0.496. The summed E-state index contributed by atoms with van der Waals surface area (Å²) in [6, 6.07) is 8.79. The Morgan fingerprint density at radius 2 is 2.09 bits per heavy atom. The van der Waals surface area contributed by atoms with Crippen molar-refractivity contribution >= 4 is 11.6 Å². The van der Waals surface area contributed by atoms with Crippen molar-refractivity contribution in [2.45, 2.75) is 39.7 Å². The zero-order valence-electron chi connectivity index (χ0n) is 13.8. The molecule has 1 heterocycles. The van der Waals surface area contributed by atoms with Crippen molar-refractivity contribution in [3.63, 3.8) is 0 Å². The summed E-state index contributed by atoms with van der Waals surface area (Å²) in [5.74, 6) is 1.000. The lowest BCUT2D eigenvalue weighted by Gasteiger charge is -2.13. The largest absolute Gasteiger partial charge is 0.439 e. The molecular formula is C18H23N3O2. The highest BCUT2D eigenvalue weighted by atomic mass is 16.5. The van der Waals surface area contributed by atoms with Crippen LogP contribution in [0.2, 0.25) is 0 Å². The van der Waals surface area contributed by atoms with Crippen LogP contribution in [0.4, 0.5) is 5.69 Å². The minimum absolute atomic E-state index is 0.185. The number of nitrogens with zero attached hydrogens (tertiary/aromatic N) is 1. The Balaban J connectivity index is 2.14. The highest BCUT2D eigenvalue weighted by molar-refractivity contribution is 5.94. The number of carbonyl (C=O) groups excluding carboxylic acids is 1. The number of hydrogen-bond donors (Lipinski definition) is 2. The summed E-state index contributed by atoms with van der Waals surface area (Å²) in [5.41, 5.74) is 8.53. The second-order valence-electron chi connectivity index (χ2n) is 5.64. The number of anilines is 1. The quantitative estimate of drug-likeness (QED) is 0.855. The van der Waals surface area contributed by atoms with Crippen LogP contribution in [0.5, 0.6) is 11.6 Å². The number of aromatic nitrogens is 1. The Kier molecular flexibility index (Phi) is 5.71. The Hall–Kier alpha value is -2.40. The molecule has 0 aliphatic rings. The monoisotopic (exact) mass is 313 g/mol. The number of amides is 1. The van der Waals surface area contributed by atoms with E-state index in [4.69, 9.17) is 10.5 Å². The molecule has 0 aliphatic heterocycles. The second kappa shape index (κ2) is 7.74. The number of nitrogens with two attached hydrogens (primary N) is 1. The van der Waals surface area contributed by atoms with Crippen molar-refractivity contribution in [1.82, 2.24) is 4.98 Å². The van der Waals surface area contributed by atoms with E-state index in [1.807, 2.05) is 45.0 Å². The molecule has 23 heavy (non-hydrogen) atoms. The number of aryl methyl sites for hydroxylation is 2. The van der Waals surface area contributed by atoms with Gasteiger partial charge in [0, 0.05) is 24.0 Å². The van der Waals surface area contributed by atoms with Gasteiger partial charge in [-0.15, -0.1) is 0 Å². The molecule has 5 heteroatoms. The number of ether oxygens (including phenoxy) is 1. The lowest BCUT2D eigenvalue weighted by molar-refractivity contribution is -0.117. The minimum Gasteiger partial charge on any atom is -0.439 e. The van der Waals surface area contributed by atoms with E-state index in [1.165, 1.54) is 0 Å². The van der Waals surface area contributed by atoms with Crippen LogP contribution in [0.25, 0.3) is 0 Å². The fourth-order valence-electron chi connectivity index (χ4n) is 2.14. The van der Waals surface area contributed by atoms with Gasteiger partial charge in [-0.1, -0.05) is 19.4 Å². The Morgan fingerprint density at radius 3 is 2.78 bits per heavy atom. The van der Waals surface area contributed by atoms with Crippen molar-refractivity contribution in [1.29, 1.82) is 0 Å². The van der Waals surface area contributed by atoms with Gasteiger partial charge in [0.25, 0.3) is 0 Å². The van der Waals surface area contributed by atoms with Gasteiger partial charge in [-0.25, -0.2) is 4.98 Å². The third kappa shape index (κ3) is 4.79. The van der Waals surface area contributed by atoms with Crippen LogP contribution >= 0.6 is 0 Å². The lowest BCUT2D eigenvalue weighted by atomic mass is 10.1. The van der Waals surface area contributed by atoms with Gasteiger partial charge in [0.15, 0.2) is 0 Å². The van der Waals surface area contributed by atoms with Crippen LogP contribution in [-0.2, 0) is 4.79 Å². The predicted octanol–water partition coefficient (Wildman–Crippen LogP) is 3.56. The molecule has 2 rings (SSSR count). The Labute approximate surface area is 136 Å². The molecule has 0 saturated carbocycles. The first-order chi connectivity index (χ1) is 11.0. The van der Waals surface area contributed by atoms with Crippen LogP contribution in [0, 0.1) is 13.8 Å². The first-order valence-corrected chi connectivity index (χ1v) is 7.77. The molecule has 0 radical (unpaired) electrons. The molecule has 0 spiro atoms. The normalized spacial score (nSPS) is 11.8. The van der Waals surface area contributed by atoms with Gasteiger partial charge in [0.1, 0.15) is 5.75 Å². The summed E-state index contributed by atoms with van der Waals surface area (Å²) < 4.78 is 5.83. The van der Waals surface area contributed by atoms with Gasteiger partial charge < -0.3 is 15.8 Å². The summed E-state index contributed by atoms with van der Waals surface area (Å²) in [6.45, 7) is 5.92. The maximum Gasteiger partial charge on any atom is 0.241 e. The SMILES string of the molecule is CCCC(N)C(=O)Nc1ccc(C)c(Oc2cc(C)ccn2)c1. The molecular weight excluding hydrogens is 290 g/mol. The summed E-state index contributed by atoms with van der Waals surface area (Å²) in [5, 5.41) is 2.83. The van der Waals surface area contributed by atoms with Gasteiger partial charge in [-0.2, -0.15) is 0 Å². The zero-order chi connectivity index (χ0) is 16.8. The summed E-state index contributed by atoms with van der Waals surface area (Å²) in [6.07, 6.45) is 3.24. The van der Waals surface area contributed by atoms with E-state index in [0.29, 0.717) is 23.7 Å². The standard InChI is InChI=1S/C18H23N3O2/c1-4-5-15(19)18(22)21-14-7-6-13(3)16(11-14)23-17-10-12(2)8-9-20-17/h6-11,15H,4-5,19H2,1-3H3,(H,21,22). The molecule has 0 bridgehead atoms. The van der Waals surface area contributed by atoms with Crippen LogP contribution in [0.15, 0.2) is 36.5 Å². The number of hydrogen-bond acceptors (Lipinski definition) is 4. The molecule has 1 unspecified atom stereocenters. The summed E-state index contributed by atoms with van der Waals surface area (Å²) >= 11 is 0. The first kappa shape index (κ1) is 17.0. The molecule has 2 aromatic rings. The molecule has 0 saturated heterocycles. The molecule has 1 amide bonds. The molecule has 1 aromatic carbocycles. The number of nitrogens with one attached hydrogen (secondary N) is 1. The van der Waals surface area contributed by atoms with Gasteiger partial charge in [0.2, 0.25) is 11.8 Å². The molecule has 0 fully saturated rings. The summed E-state index contributed by atoms with van der Waals surface area (Å²) in [4.78, 5) is 16.2. The molecule has 122 valence electrons. The van der Waals surface area contributed by atoms with Crippen LogP contribution in [0.1, 0.15) is 30.9 Å². The van der Waals surface area contributed by atoms with Gasteiger partial charge in [-0.05, 0) is 43.5 Å². The predicted molar refractivity (Wildman–Crippen MR) is 91.7 cm³/mol. The molecule has 1 aromatic heterocycles. The highest BCUT2D eigenvalue weighted by Crippen LogP contribution is 2.27. The van der Waals surface area contributed by atoms with E-state index in [-0.39, 0.29) is 5.91 Å². The Bertz CT molecular complexity index is 686. The van der Waals surface area contributed by atoms with Crippen molar-refractivity contribution in [2.75, 3.05) is 5.32 Å². The van der Waals surface area contributed by atoms with Crippen LogP contribution in [0.3, 0.4) is 0 Å². The van der Waals surface area contributed by atoms with E-state index in [2.05, 4.69) is 10.3 Å². The van der Waals surface area contributed by atoms with Gasteiger partial charge >= 0.3 is 0 Å². The van der Waals surface area contributed by atoms with Crippen LogP contribution in [-0.4, -0.2) is 16.9 Å². The number of benzene rings is 1. The molecule has 3 N–H and O–H groups in total. The fraction of sp³-hybridized carbons (Fsp3) is 0.333. The van der Waals surface area contributed by atoms with Gasteiger partial charge in [-0.3, -0.25) is 4.79 Å². The smallest absolute Gasteiger partial charge is 0.241 e. The van der Waals surface area contributed by atoms with Crippen molar-refractivity contribution in [3.8, 4) is 11.6 Å². The lowest BCUT2D eigenvalue weighted by Crippen LogP contribution is -2.35. The maximum absolute atomic E-state index is 12.0. The third-order valence-corrected chi connectivity index (χ3v) is 3.50. The maximum atomic E-state index is 12.0. The number of carbonyl (C=O) groups is 1. The van der Waals surface area contributed by atoms with E-state index in [9.17, 15) is 4.79 Å². The highest BCUT2D eigenvalue weighted by Gasteiger charge is 2.13. The average Bonchev–Trinajstić information content (AvgIpc) is 2.51. The van der Waals surface area contributed by atoms with Crippen molar-refractivity contribution < 1.29 is 9.53 Å². The first-order valence-electron chi connectivity index (χ1n) is 7.77. The van der Waals surface area contributed by atoms with E-state index in [0.717, 1.165) is 17.5 Å². The second-order valence-corrected chi connectivity index (χ2v) is 5.64. The average molecular weight is 313 g/mol. The molecule has 5 nitrogen and oxygen atoms in total. The van der Waals surface area contributed by atoms with E-state index >= 15 is 0 Å². The topological polar surface area (TPSA) is 77.2 Å². The van der Waals surface area contributed by atoms with Crippen molar-refractivity contribution in [2.24, 2.45) is 5.73 Å². The van der Waals surface area contributed by atoms with E-state index in [1.54, 1.807) is 12.3 Å². The van der Waals surface area contributed by atoms with Crippen LogP contribution < -0.4 is 15.8 Å². The zero-order valence-corrected chi connectivity index (χ0v) is 13.8. The van der Waals surface area contributed by atoms with Crippen molar-refractivity contribution in [3.05, 3.63) is 47.7 Å². The fourth-order valence-corrected chi connectivity index (χ4v) is 2.14. The number of pyridine rings is 1. The molecule has 1 atom stereocenters. The summed E-state index contributed by atoms with van der Waals surface area (Å²) in [7, 11) is 0. The third-order valence-electron chi connectivity index (χ3n) is 3.50. The Morgan fingerprint density at radius 1 is 1.30 bits per heavy atom. The molecule has 0 aliphatic carbocycles. The van der Waals surface area contributed by atoms with E-state index < -0.39 is 6.04 Å².